The third kappa shape index (κ3) is 4.16. The smallest absolute Gasteiger partial charge is 0.308 e. The highest BCUT2D eigenvalue weighted by molar-refractivity contribution is 6.07. The van der Waals surface area contributed by atoms with Gasteiger partial charge in [-0.25, -0.2) is 0 Å². The summed E-state index contributed by atoms with van der Waals surface area (Å²) in [5.41, 5.74) is 4.94. The standard InChI is InChI=1S/C33H36N4O3/c1-4-5-22-8-11-28(31(38)35-26-15-33(16-26)13-25(14-33)32(39)40-3)30-29(22)17-34-37(30)20(2)21-6-9-27(10-7-21)36-18-23-12-24(23)19-36/h6-11,17,20,23-26H,12-16,18-19H2,1-3H3,(H,35,38)/t20-,23?,24?,25?,26?,33?/m1/s1. The van der Waals surface area contributed by atoms with Crippen LogP contribution in [-0.2, 0) is 9.53 Å². The quantitative estimate of drug-likeness (QED) is 0.357. The summed E-state index contributed by atoms with van der Waals surface area (Å²) in [5, 5.41) is 8.94. The van der Waals surface area contributed by atoms with Gasteiger partial charge in [0.05, 0.1) is 36.3 Å². The molecule has 3 aliphatic carbocycles. The van der Waals surface area contributed by atoms with Gasteiger partial charge in [-0.3, -0.25) is 14.3 Å². The Bertz CT molecular complexity index is 1540. The topological polar surface area (TPSA) is 76.5 Å². The molecule has 206 valence electrons. The number of anilines is 1. The van der Waals surface area contributed by atoms with Gasteiger partial charge in [0.2, 0.25) is 0 Å². The van der Waals surface area contributed by atoms with Gasteiger partial charge < -0.3 is 15.0 Å². The zero-order valence-corrected chi connectivity index (χ0v) is 23.4. The number of carbonyl (C=O) groups is 2. The maximum absolute atomic E-state index is 13.6. The number of hydrogen-bond acceptors (Lipinski definition) is 5. The fourth-order valence-corrected chi connectivity index (χ4v) is 7.60. The van der Waals surface area contributed by atoms with Crippen LogP contribution >= 0.6 is 0 Å². The van der Waals surface area contributed by atoms with Crippen LogP contribution in [0.1, 0.15) is 73.5 Å². The third-order valence-electron chi connectivity index (χ3n) is 9.94. The van der Waals surface area contributed by atoms with Crippen LogP contribution in [-0.4, -0.2) is 47.9 Å². The van der Waals surface area contributed by atoms with Crippen LogP contribution in [0, 0.1) is 35.0 Å². The van der Waals surface area contributed by atoms with E-state index in [-0.39, 0.29) is 35.3 Å². The van der Waals surface area contributed by atoms with Gasteiger partial charge in [0, 0.05) is 35.8 Å². The molecule has 2 unspecified atom stereocenters. The normalized spacial score (nSPS) is 28.6. The fraction of sp³-hybridized carbons (Fsp3) is 0.485. The lowest BCUT2D eigenvalue weighted by atomic mass is 9.50. The summed E-state index contributed by atoms with van der Waals surface area (Å²) in [7, 11) is 1.45. The Hall–Kier alpha value is -3.79. The van der Waals surface area contributed by atoms with Crippen molar-refractivity contribution in [2.45, 2.75) is 58.0 Å². The molecule has 0 radical (unpaired) electrons. The van der Waals surface area contributed by atoms with Crippen molar-refractivity contribution in [1.29, 1.82) is 0 Å². The molecule has 1 amide bonds. The molecule has 0 bridgehead atoms. The van der Waals surface area contributed by atoms with Gasteiger partial charge in [-0.15, -0.1) is 5.92 Å². The predicted octanol–water partition coefficient (Wildman–Crippen LogP) is 4.93. The second-order valence-electron chi connectivity index (χ2n) is 12.5. The molecule has 3 saturated carbocycles. The number of piperidine rings is 1. The van der Waals surface area contributed by atoms with E-state index in [0.29, 0.717) is 5.56 Å². The van der Waals surface area contributed by atoms with Gasteiger partial charge in [-0.05, 0) is 93.0 Å². The Morgan fingerprint density at radius 3 is 2.48 bits per heavy atom. The highest BCUT2D eigenvalue weighted by Gasteiger charge is 2.55. The monoisotopic (exact) mass is 536 g/mol. The van der Waals surface area contributed by atoms with Gasteiger partial charge in [-0.1, -0.05) is 18.1 Å². The van der Waals surface area contributed by atoms with E-state index < -0.39 is 0 Å². The first-order chi connectivity index (χ1) is 19.4. The summed E-state index contributed by atoms with van der Waals surface area (Å²) in [5.74, 6) is 7.80. The van der Waals surface area contributed by atoms with E-state index in [0.717, 1.165) is 59.5 Å². The molecule has 7 rings (SSSR count). The molecule has 2 heterocycles. The molecule has 1 saturated heterocycles. The van der Waals surface area contributed by atoms with E-state index in [2.05, 4.69) is 53.2 Å². The van der Waals surface area contributed by atoms with E-state index in [1.165, 1.54) is 32.3 Å². The van der Waals surface area contributed by atoms with Crippen molar-refractivity contribution in [3.8, 4) is 11.8 Å². The van der Waals surface area contributed by atoms with Crippen LogP contribution in [0.2, 0.25) is 0 Å². The molecular weight excluding hydrogens is 500 g/mol. The zero-order chi connectivity index (χ0) is 27.6. The molecule has 1 aromatic heterocycles. The van der Waals surface area contributed by atoms with Crippen LogP contribution in [0.4, 0.5) is 5.69 Å². The van der Waals surface area contributed by atoms with Gasteiger partial charge >= 0.3 is 5.97 Å². The fourth-order valence-electron chi connectivity index (χ4n) is 7.60. The summed E-state index contributed by atoms with van der Waals surface area (Å²) < 4.78 is 6.87. The first kappa shape index (κ1) is 25.2. The highest BCUT2D eigenvalue weighted by Crippen LogP contribution is 2.59. The van der Waals surface area contributed by atoms with E-state index in [4.69, 9.17) is 9.84 Å². The van der Waals surface area contributed by atoms with E-state index >= 15 is 0 Å². The second-order valence-corrected chi connectivity index (χ2v) is 12.5. The number of rotatable bonds is 6. The first-order valence-corrected chi connectivity index (χ1v) is 14.5. The average molecular weight is 537 g/mol. The van der Waals surface area contributed by atoms with Gasteiger partial charge in [0.15, 0.2) is 0 Å². The molecule has 7 heteroatoms. The molecule has 1 spiro atoms. The number of esters is 1. The van der Waals surface area contributed by atoms with Crippen LogP contribution in [0.3, 0.4) is 0 Å². The number of ether oxygens (including phenoxy) is 1. The van der Waals surface area contributed by atoms with Crippen molar-refractivity contribution in [2.75, 3.05) is 25.1 Å². The van der Waals surface area contributed by atoms with Crippen molar-refractivity contribution >= 4 is 28.5 Å². The third-order valence-corrected chi connectivity index (χ3v) is 9.94. The van der Waals surface area contributed by atoms with Crippen LogP contribution < -0.4 is 10.2 Å². The Morgan fingerprint density at radius 1 is 1.07 bits per heavy atom. The van der Waals surface area contributed by atoms with Crippen molar-refractivity contribution in [3.63, 3.8) is 0 Å². The number of aromatic nitrogens is 2. The number of nitrogens with zero attached hydrogens (tertiary/aromatic N) is 3. The summed E-state index contributed by atoms with van der Waals surface area (Å²) in [6.07, 6.45) is 6.79. The number of hydrogen-bond donors (Lipinski definition) is 1. The molecule has 2 aromatic carbocycles. The predicted molar refractivity (Wildman–Crippen MR) is 154 cm³/mol. The lowest BCUT2D eigenvalue weighted by Gasteiger charge is -2.56. The molecule has 4 fully saturated rings. The highest BCUT2D eigenvalue weighted by atomic mass is 16.5. The lowest BCUT2D eigenvalue weighted by molar-refractivity contribution is -0.159. The molecule has 1 aliphatic heterocycles. The van der Waals surface area contributed by atoms with Crippen LogP contribution in [0.25, 0.3) is 10.9 Å². The van der Waals surface area contributed by atoms with Crippen LogP contribution in [0.5, 0.6) is 0 Å². The van der Waals surface area contributed by atoms with E-state index in [1.807, 2.05) is 29.9 Å². The Kier molecular flexibility index (Phi) is 5.92. The van der Waals surface area contributed by atoms with Gasteiger partial charge in [0.25, 0.3) is 5.91 Å². The molecule has 40 heavy (non-hydrogen) atoms. The number of carbonyl (C=O) groups excluding carboxylic acids is 2. The average Bonchev–Trinajstić information content (AvgIpc) is 3.30. The van der Waals surface area contributed by atoms with Gasteiger partial charge in [0.1, 0.15) is 0 Å². The number of nitrogens with one attached hydrogen (secondary N) is 1. The largest absolute Gasteiger partial charge is 0.469 e. The Balaban J connectivity index is 1.11. The van der Waals surface area contributed by atoms with E-state index in [1.54, 1.807) is 0 Å². The van der Waals surface area contributed by atoms with Crippen molar-refractivity contribution in [3.05, 3.63) is 59.3 Å². The summed E-state index contributed by atoms with van der Waals surface area (Å²) in [6.45, 7) is 6.31. The number of amides is 1. The molecular formula is C33H36N4O3. The maximum Gasteiger partial charge on any atom is 0.308 e. The molecule has 4 aliphatic rings. The maximum atomic E-state index is 13.6. The SMILES string of the molecule is CC#Cc1ccc(C(=O)NC2CC3(C2)CC(C(=O)OC)C3)c2c1cnn2[C@H](C)c1ccc(N2CC3CC3C2)cc1. The second kappa shape index (κ2) is 9.40. The molecule has 3 aromatic rings. The minimum atomic E-state index is -0.111. The lowest BCUT2D eigenvalue weighted by Crippen LogP contribution is -2.57. The van der Waals surface area contributed by atoms with E-state index in [9.17, 15) is 9.59 Å². The number of methoxy groups -OCH3 is 1. The minimum Gasteiger partial charge on any atom is -0.469 e. The molecule has 3 atom stereocenters. The minimum absolute atomic E-state index is 0.0133. The molecule has 1 N–H and O–H groups in total. The Labute approximate surface area is 235 Å². The van der Waals surface area contributed by atoms with Gasteiger partial charge in [-0.2, -0.15) is 5.10 Å². The van der Waals surface area contributed by atoms with Crippen molar-refractivity contribution < 1.29 is 14.3 Å². The number of fused-ring (bicyclic) bond motifs is 2. The molecule has 7 nitrogen and oxygen atoms in total. The number of benzene rings is 2. The zero-order valence-electron chi connectivity index (χ0n) is 23.4. The summed E-state index contributed by atoms with van der Waals surface area (Å²) in [4.78, 5) is 27.9. The van der Waals surface area contributed by atoms with Crippen LogP contribution in [0.15, 0.2) is 42.6 Å². The summed E-state index contributed by atoms with van der Waals surface area (Å²) >= 11 is 0. The van der Waals surface area contributed by atoms with Crippen molar-refractivity contribution in [2.24, 2.45) is 23.2 Å². The Morgan fingerprint density at radius 2 is 1.80 bits per heavy atom. The first-order valence-electron chi connectivity index (χ1n) is 14.5. The van der Waals surface area contributed by atoms with Crippen molar-refractivity contribution in [1.82, 2.24) is 15.1 Å². The summed E-state index contributed by atoms with van der Waals surface area (Å²) in [6, 6.07) is 12.7.